The lowest BCUT2D eigenvalue weighted by Gasteiger charge is -2.06. The van der Waals surface area contributed by atoms with E-state index < -0.39 is 0 Å². The maximum atomic E-state index is 11.9. The molecular weight excluding hydrogens is 248 g/mol. The highest BCUT2D eigenvalue weighted by atomic mass is 32.1. The van der Waals surface area contributed by atoms with Crippen LogP contribution in [-0.2, 0) is 6.42 Å². The predicted octanol–water partition coefficient (Wildman–Crippen LogP) is 2.13. The molecule has 0 bridgehead atoms. The minimum absolute atomic E-state index is 0.00680. The standard InChI is InChI=1S/C13H14N2O2S/c1-9-2-3-11(16)10(8-9)13(17)15-5-4-12-14-6-7-18-12/h2-3,6-8,16H,4-5H2,1H3,(H,15,17). The highest BCUT2D eigenvalue weighted by Crippen LogP contribution is 2.17. The molecule has 0 atom stereocenters. The highest BCUT2D eigenvalue weighted by molar-refractivity contribution is 7.09. The summed E-state index contributed by atoms with van der Waals surface area (Å²) in [5.74, 6) is -0.250. The molecular formula is C13H14N2O2S. The van der Waals surface area contributed by atoms with Crippen molar-refractivity contribution in [1.82, 2.24) is 10.3 Å². The third kappa shape index (κ3) is 3.07. The normalized spacial score (nSPS) is 10.3. The van der Waals surface area contributed by atoms with Crippen LogP contribution < -0.4 is 5.32 Å². The van der Waals surface area contributed by atoms with E-state index in [0.29, 0.717) is 18.5 Å². The molecule has 18 heavy (non-hydrogen) atoms. The summed E-state index contributed by atoms with van der Waals surface area (Å²) in [6.45, 7) is 2.39. The first kappa shape index (κ1) is 12.6. The van der Waals surface area contributed by atoms with E-state index in [1.807, 2.05) is 12.3 Å². The fraction of sp³-hybridized carbons (Fsp3) is 0.231. The van der Waals surface area contributed by atoms with E-state index in [1.165, 1.54) is 6.07 Å². The second-order valence-corrected chi connectivity index (χ2v) is 4.93. The number of nitrogens with zero attached hydrogens (tertiary/aromatic N) is 1. The van der Waals surface area contributed by atoms with Gasteiger partial charge in [0, 0.05) is 24.5 Å². The van der Waals surface area contributed by atoms with E-state index in [1.54, 1.807) is 29.7 Å². The van der Waals surface area contributed by atoms with Crippen LogP contribution in [0.1, 0.15) is 20.9 Å². The summed E-state index contributed by atoms with van der Waals surface area (Å²) in [4.78, 5) is 16.0. The molecule has 2 aromatic rings. The van der Waals surface area contributed by atoms with Crippen LogP contribution in [0.15, 0.2) is 29.8 Å². The van der Waals surface area contributed by atoms with E-state index in [9.17, 15) is 9.90 Å². The zero-order valence-electron chi connectivity index (χ0n) is 10.0. The third-order valence-corrected chi connectivity index (χ3v) is 3.34. The molecule has 5 heteroatoms. The topological polar surface area (TPSA) is 62.2 Å². The van der Waals surface area contributed by atoms with Gasteiger partial charge < -0.3 is 10.4 Å². The number of aryl methyl sites for hydroxylation is 1. The average Bonchev–Trinajstić information content (AvgIpc) is 2.85. The summed E-state index contributed by atoms with van der Waals surface area (Å²) >= 11 is 1.56. The van der Waals surface area contributed by atoms with E-state index in [2.05, 4.69) is 10.3 Å². The van der Waals surface area contributed by atoms with Crippen molar-refractivity contribution in [3.63, 3.8) is 0 Å². The minimum atomic E-state index is -0.257. The second-order valence-electron chi connectivity index (χ2n) is 3.95. The molecule has 0 aliphatic rings. The van der Waals surface area contributed by atoms with Gasteiger partial charge >= 0.3 is 0 Å². The van der Waals surface area contributed by atoms with Crippen molar-refractivity contribution >= 4 is 17.2 Å². The molecule has 0 saturated carbocycles. The van der Waals surface area contributed by atoms with Crippen molar-refractivity contribution in [3.05, 3.63) is 45.9 Å². The van der Waals surface area contributed by atoms with Crippen molar-refractivity contribution in [2.45, 2.75) is 13.3 Å². The van der Waals surface area contributed by atoms with Crippen molar-refractivity contribution < 1.29 is 9.90 Å². The number of rotatable bonds is 4. The Morgan fingerprint density at radius 3 is 3.06 bits per heavy atom. The molecule has 1 heterocycles. The van der Waals surface area contributed by atoms with Crippen LogP contribution in [0.2, 0.25) is 0 Å². The molecule has 2 rings (SSSR count). The number of phenolic OH excluding ortho intramolecular Hbond substituents is 1. The van der Waals surface area contributed by atoms with Crippen LogP contribution in [-0.4, -0.2) is 22.5 Å². The molecule has 0 spiro atoms. The zero-order chi connectivity index (χ0) is 13.0. The number of carbonyl (C=O) groups excluding carboxylic acids is 1. The van der Waals surface area contributed by atoms with Gasteiger partial charge in [0.25, 0.3) is 5.91 Å². The zero-order valence-corrected chi connectivity index (χ0v) is 10.8. The quantitative estimate of drug-likeness (QED) is 0.887. The van der Waals surface area contributed by atoms with E-state index in [0.717, 1.165) is 10.6 Å². The summed E-state index contributed by atoms with van der Waals surface area (Å²) in [7, 11) is 0. The summed E-state index contributed by atoms with van der Waals surface area (Å²) in [5, 5.41) is 15.3. The van der Waals surface area contributed by atoms with E-state index in [4.69, 9.17) is 0 Å². The largest absolute Gasteiger partial charge is 0.507 e. The lowest BCUT2D eigenvalue weighted by atomic mass is 10.1. The Morgan fingerprint density at radius 2 is 2.33 bits per heavy atom. The maximum absolute atomic E-state index is 11.9. The Morgan fingerprint density at radius 1 is 1.50 bits per heavy atom. The van der Waals surface area contributed by atoms with Gasteiger partial charge in [-0.15, -0.1) is 11.3 Å². The maximum Gasteiger partial charge on any atom is 0.255 e. The van der Waals surface area contributed by atoms with E-state index >= 15 is 0 Å². The summed E-state index contributed by atoms with van der Waals surface area (Å²) in [5.41, 5.74) is 1.26. The first-order chi connectivity index (χ1) is 8.66. The molecule has 0 unspecified atom stereocenters. The van der Waals surface area contributed by atoms with Crippen LogP contribution in [0.25, 0.3) is 0 Å². The number of amides is 1. The number of aromatic nitrogens is 1. The Labute approximate surface area is 109 Å². The number of nitrogens with one attached hydrogen (secondary N) is 1. The molecule has 1 aromatic carbocycles. The second kappa shape index (κ2) is 5.64. The molecule has 0 aliphatic carbocycles. The van der Waals surface area contributed by atoms with Gasteiger partial charge in [0.15, 0.2) is 0 Å². The Bertz CT molecular complexity index is 538. The average molecular weight is 262 g/mol. The van der Waals surface area contributed by atoms with Crippen LogP contribution in [0.4, 0.5) is 0 Å². The van der Waals surface area contributed by atoms with Crippen molar-refractivity contribution in [2.75, 3.05) is 6.54 Å². The predicted molar refractivity (Wildman–Crippen MR) is 71.0 cm³/mol. The lowest BCUT2D eigenvalue weighted by Crippen LogP contribution is -2.25. The molecule has 1 aromatic heterocycles. The summed E-state index contributed by atoms with van der Waals surface area (Å²) in [6, 6.07) is 4.97. The van der Waals surface area contributed by atoms with Crippen LogP contribution in [0, 0.1) is 6.92 Å². The molecule has 94 valence electrons. The van der Waals surface area contributed by atoms with Gasteiger partial charge in [-0.1, -0.05) is 11.6 Å². The van der Waals surface area contributed by atoms with Crippen LogP contribution in [0.5, 0.6) is 5.75 Å². The molecule has 4 nitrogen and oxygen atoms in total. The number of aromatic hydroxyl groups is 1. The van der Waals surface area contributed by atoms with Crippen molar-refractivity contribution in [2.24, 2.45) is 0 Å². The molecule has 0 aliphatic heterocycles. The monoisotopic (exact) mass is 262 g/mol. The van der Waals surface area contributed by atoms with Gasteiger partial charge in [-0.2, -0.15) is 0 Å². The van der Waals surface area contributed by atoms with Gasteiger partial charge in [0.1, 0.15) is 5.75 Å². The van der Waals surface area contributed by atoms with Gasteiger partial charge in [-0.25, -0.2) is 4.98 Å². The van der Waals surface area contributed by atoms with Crippen molar-refractivity contribution in [1.29, 1.82) is 0 Å². The Kier molecular flexibility index (Phi) is 3.94. The number of carbonyl (C=O) groups is 1. The first-order valence-electron chi connectivity index (χ1n) is 5.63. The minimum Gasteiger partial charge on any atom is -0.507 e. The fourth-order valence-corrected chi connectivity index (χ4v) is 2.21. The Balaban J connectivity index is 1.93. The lowest BCUT2D eigenvalue weighted by molar-refractivity contribution is 0.0951. The van der Waals surface area contributed by atoms with Gasteiger partial charge in [-0.3, -0.25) is 4.79 Å². The molecule has 0 saturated heterocycles. The number of hydrogen-bond donors (Lipinski definition) is 2. The molecule has 0 fully saturated rings. The molecule has 2 N–H and O–H groups in total. The number of thiazole rings is 1. The fourth-order valence-electron chi connectivity index (χ4n) is 1.59. The van der Waals surface area contributed by atoms with Gasteiger partial charge in [0.2, 0.25) is 0 Å². The molecule has 0 radical (unpaired) electrons. The van der Waals surface area contributed by atoms with Gasteiger partial charge in [0.05, 0.1) is 10.6 Å². The third-order valence-electron chi connectivity index (χ3n) is 2.50. The van der Waals surface area contributed by atoms with Crippen LogP contribution >= 0.6 is 11.3 Å². The summed E-state index contributed by atoms with van der Waals surface area (Å²) < 4.78 is 0. The van der Waals surface area contributed by atoms with Crippen LogP contribution in [0.3, 0.4) is 0 Å². The Hall–Kier alpha value is -1.88. The first-order valence-corrected chi connectivity index (χ1v) is 6.51. The number of hydrogen-bond acceptors (Lipinski definition) is 4. The number of phenols is 1. The highest BCUT2D eigenvalue weighted by Gasteiger charge is 2.10. The SMILES string of the molecule is Cc1ccc(O)c(C(=O)NCCc2nccs2)c1. The van der Waals surface area contributed by atoms with Crippen molar-refractivity contribution in [3.8, 4) is 5.75 Å². The summed E-state index contributed by atoms with van der Waals surface area (Å²) in [6.07, 6.45) is 2.45. The van der Waals surface area contributed by atoms with E-state index in [-0.39, 0.29) is 11.7 Å². The molecule has 1 amide bonds. The smallest absolute Gasteiger partial charge is 0.255 e. The number of benzene rings is 1. The van der Waals surface area contributed by atoms with Gasteiger partial charge in [-0.05, 0) is 19.1 Å².